The second-order valence-electron chi connectivity index (χ2n) is 9.94. The number of rotatable bonds is 8. The van der Waals surface area contributed by atoms with Crippen LogP contribution in [0.25, 0.3) is 0 Å². The Labute approximate surface area is 219 Å². The number of ether oxygens (including phenoxy) is 3. The summed E-state index contributed by atoms with van der Waals surface area (Å²) in [5.74, 6) is 4.97. The molecule has 0 aliphatic heterocycles. The Morgan fingerprint density at radius 3 is 1.92 bits per heavy atom. The Kier molecular flexibility index (Phi) is 10.3. The van der Waals surface area contributed by atoms with Crippen LogP contribution >= 0.6 is 0 Å². The first-order valence-corrected chi connectivity index (χ1v) is 12.0. The molecule has 0 saturated carbocycles. The molecule has 8 nitrogen and oxygen atoms in total. The smallest absolute Gasteiger partial charge is 0.408 e. The molecular weight excluding hydrogens is 472 g/mol. The lowest BCUT2D eigenvalue weighted by molar-refractivity contribution is -0.144. The minimum absolute atomic E-state index is 0.327. The predicted octanol–water partition coefficient (Wildman–Crippen LogP) is 4.20. The number of hydrogen-bond donors (Lipinski definition) is 2. The Morgan fingerprint density at radius 1 is 0.892 bits per heavy atom. The molecule has 2 N–H and O–H groups in total. The highest BCUT2D eigenvalue weighted by molar-refractivity contribution is 5.97. The molecule has 0 radical (unpaired) electrons. The summed E-state index contributed by atoms with van der Waals surface area (Å²) in [7, 11) is 1.21. The van der Waals surface area contributed by atoms with Crippen LogP contribution in [0.2, 0.25) is 0 Å². The van der Waals surface area contributed by atoms with E-state index < -0.39 is 35.2 Å². The van der Waals surface area contributed by atoms with Crippen molar-refractivity contribution in [3.8, 4) is 11.8 Å². The number of methoxy groups -OCH3 is 1. The van der Waals surface area contributed by atoms with Crippen LogP contribution in [-0.4, -0.2) is 48.9 Å². The number of alkyl carbamates (subject to hydrolysis) is 1. The van der Waals surface area contributed by atoms with Gasteiger partial charge in [0.05, 0.1) is 19.3 Å². The third kappa shape index (κ3) is 9.62. The topological polar surface area (TPSA) is 103 Å². The molecule has 8 heteroatoms. The van der Waals surface area contributed by atoms with Crippen molar-refractivity contribution in [2.24, 2.45) is 0 Å². The van der Waals surface area contributed by atoms with Crippen molar-refractivity contribution in [3.63, 3.8) is 0 Å². The van der Waals surface area contributed by atoms with E-state index >= 15 is 0 Å². The van der Waals surface area contributed by atoms with E-state index in [-0.39, 0.29) is 0 Å². The van der Waals surface area contributed by atoms with Crippen molar-refractivity contribution in [3.05, 3.63) is 70.8 Å². The lowest BCUT2D eigenvalue weighted by Gasteiger charge is -2.34. The number of amides is 2. The average molecular weight is 509 g/mol. The molecule has 198 valence electrons. The molecule has 0 aliphatic rings. The summed E-state index contributed by atoms with van der Waals surface area (Å²) in [5.41, 5.74) is 1.08. The highest BCUT2D eigenvalue weighted by Crippen LogP contribution is 2.15. The van der Waals surface area contributed by atoms with Gasteiger partial charge < -0.3 is 24.8 Å². The van der Waals surface area contributed by atoms with Crippen molar-refractivity contribution in [1.29, 1.82) is 0 Å². The highest BCUT2D eigenvalue weighted by atomic mass is 16.6. The van der Waals surface area contributed by atoms with Crippen molar-refractivity contribution in [1.82, 2.24) is 10.6 Å². The van der Waals surface area contributed by atoms with Crippen LogP contribution in [-0.2, 0) is 25.6 Å². The van der Waals surface area contributed by atoms with Gasteiger partial charge in [0.15, 0.2) is 0 Å². The molecule has 0 saturated heterocycles. The van der Waals surface area contributed by atoms with E-state index in [1.54, 1.807) is 58.9 Å². The summed E-state index contributed by atoms with van der Waals surface area (Å²) in [6.45, 7) is 11.6. The lowest BCUT2D eigenvalue weighted by Crippen LogP contribution is -2.62. The third-order valence-corrected chi connectivity index (χ3v) is 5.18. The van der Waals surface area contributed by atoms with Gasteiger partial charge in [0.2, 0.25) is 0 Å². The van der Waals surface area contributed by atoms with Gasteiger partial charge in [-0.2, -0.15) is 0 Å². The van der Waals surface area contributed by atoms with Crippen LogP contribution in [0.4, 0.5) is 4.79 Å². The summed E-state index contributed by atoms with van der Waals surface area (Å²) in [5, 5.41) is 5.30. The minimum atomic E-state index is -1.20. The maximum Gasteiger partial charge on any atom is 0.408 e. The highest BCUT2D eigenvalue weighted by Gasteiger charge is 2.39. The Hall–Kier alpha value is -3.83. The second-order valence-corrected chi connectivity index (χ2v) is 9.94. The lowest BCUT2D eigenvalue weighted by atomic mass is 9.94. The molecule has 2 rings (SSSR count). The molecule has 0 heterocycles. The maximum absolute atomic E-state index is 12.9. The molecule has 2 amide bonds. The second kappa shape index (κ2) is 12.9. The molecule has 0 fully saturated rings. The molecule has 1 unspecified atom stereocenters. The van der Waals surface area contributed by atoms with Crippen molar-refractivity contribution >= 4 is 18.0 Å². The third-order valence-electron chi connectivity index (χ3n) is 5.18. The van der Waals surface area contributed by atoms with E-state index in [1.807, 2.05) is 31.2 Å². The molecule has 2 aromatic rings. The van der Waals surface area contributed by atoms with Gasteiger partial charge >= 0.3 is 12.1 Å². The van der Waals surface area contributed by atoms with E-state index in [2.05, 4.69) is 22.5 Å². The first kappa shape index (κ1) is 29.4. The number of benzene rings is 2. The van der Waals surface area contributed by atoms with Crippen LogP contribution < -0.4 is 10.6 Å². The zero-order valence-corrected chi connectivity index (χ0v) is 22.6. The van der Waals surface area contributed by atoms with Gasteiger partial charge in [0, 0.05) is 23.3 Å². The van der Waals surface area contributed by atoms with Crippen molar-refractivity contribution in [2.75, 3.05) is 13.7 Å². The van der Waals surface area contributed by atoms with Gasteiger partial charge in [-0.05, 0) is 83.5 Å². The van der Waals surface area contributed by atoms with E-state index in [1.165, 1.54) is 7.11 Å². The van der Waals surface area contributed by atoms with Crippen LogP contribution in [0.15, 0.2) is 48.5 Å². The van der Waals surface area contributed by atoms with Crippen molar-refractivity contribution < 1.29 is 28.6 Å². The van der Waals surface area contributed by atoms with Gasteiger partial charge in [0.25, 0.3) is 5.91 Å². The zero-order valence-electron chi connectivity index (χ0n) is 22.6. The number of carbonyl (C=O) groups is 3. The Balaban J connectivity index is 2.10. The number of carbonyl (C=O) groups excluding carboxylic acids is 3. The monoisotopic (exact) mass is 508 g/mol. The molecule has 0 bridgehead atoms. The fourth-order valence-electron chi connectivity index (χ4n) is 3.26. The number of esters is 1. The Bertz CT molecular complexity index is 1140. The first-order valence-electron chi connectivity index (χ1n) is 12.0. The standard InChI is InChI=1S/C29H36N2O6/c1-8-36-19-22-13-11-20(12-14-22)9-10-21-15-17-23(18-16-21)25(32)30-24(26(33)35-7)29(5,6)31-27(34)37-28(2,3)4/h11-18,24H,8,19H2,1-7H3,(H,30,32)(H,31,34). The Morgan fingerprint density at radius 2 is 1.43 bits per heavy atom. The van der Waals surface area contributed by atoms with Crippen LogP contribution in [0.5, 0.6) is 0 Å². The molecular formula is C29H36N2O6. The maximum atomic E-state index is 12.9. The summed E-state index contributed by atoms with van der Waals surface area (Å²) < 4.78 is 15.5. The average Bonchev–Trinajstić information content (AvgIpc) is 2.83. The molecule has 1 atom stereocenters. The first-order chi connectivity index (χ1) is 17.3. The van der Waals surface area contributed by atoms with E-state index in [4.69, 9.17) is 14.2 Å². The summed E-state index contributed by atoms with van der Waals surface area (Å²) in [6.07, 6.45) is -0.715. The molecule has 0 aliphatic carbocycles. The van der Waals surface area contributed by atoms with E-state index in [9.17, 15) is 14.4 Å². The summed E-state index contributed by atoms with van der Waals surface area (Å²) >= 11 is 0. The largest absolute Gasteiger partial charge is 0.467 e. The summed E-state index contributed by atoms with van der Waals surface area (Å²) in [4.78, 5) is 37.7. The predicted molar refractivity (Wildman–Crippen MR) is 141 cm³/mol. The molecule has 2 aromatic carbocycles. The van der Waals surface area contributed by atoms with E-state index in [0.29, 0.717) is 18.8 Å². The fourth-order valence-corrected chi connectivity index (χ4v) is 3.26. The molecule has 0 aromatic heterocycles. The summed E-state index contributed by atoms with van der Waals surface area (Å²) in [6, 6.07) is 13.3. The van der Waals surface area contributed by atoms with Crippen LogP contribution in [0.1, 0.15) is 68.6 Å². The van der Waals surface area contributed by atoms with Crippen LogP contribution in [0, 0.1) is 11.8 Å². The normalized spacial score (nSPS) is 12.0. The van der Waals surface area contributed by atoms with Gasteiger partial charge in [0.1, 0.15) is 11.6 Å². The molecule has 0 spiro atoms. The van der Waals surface area contributed by atoms with Gasteiger partial charge in [-0.25, -0.2) is 9.59 Å². The van der Waals surface area contributed by atoms with Crippen LogP contribution in [0.3, 0.4) is 0 Å². The van der Waals surface area contributed by atoms with Gasteiger partial charge in [-0.3, -0.25) is 4.79 Å². The SMILES string of the molecule is CCOCc1ccc(C#Cc2ccc(C(=O)NC(C(=O)OC)C(C)(C)NC(=O)OC(C)(C)C)cc2)cc1. The van der Waals surface area contributed by atoms with Crippen molar-refractivity contribution in [2.45, 2.75) is 65.3 Å². The quantitative estimate of drug-likeness (QED) is 0.409. The van der Waals surface area contributed by atoms with E-state index in [0.717, 1.165) is 16.7 Å². The fraction of sp³-hybridized carbons (Fsp3) is 0.414. The number of nitrogens with one attached hydrogen (secondary N) is 2. The molecule has 37 heavy (non-hydrogen) atoms. The number of hydrogen-bond acceptors (Lipinski definition) is 6. The van der Waals surface area contributed by atoms with Gasteiger partial charge in [-0.15, -0.1) is 0 Å². The minimum Gasteiger partial charge on any atom is -0.467 e. The van der Waals surface area contributed by atoms with Gasteiger partial charge in [-0.1, -0.05) is 24.0 Å². The zero-order chi connectivity index (χ0) is 27.6.